The minimum absolute atomic E-state index is 0.0817. The van der Waals surface area contributed by atoms with Gasteiger partial charge in [0, 0.05) is 6.42 Å². The number of unbranched alkanes of at least 4 members (excludes halogenated alkanes) is 11. The first-order valence-electron chi connectivity index (χ1n) is 16.5. The summed E-state index contributed by atoms with van der Waals surface area (Å²) >= 11 is 0. The topological polar surface area (TPSA) is 26.3 Å². The summed E-state index contributed by atoms with van der Waals surface area (Å²) in [6, 6.07) is 0. The molecule has 0 atom stereocenters. The Labute approximate surface area is 248 Å². The fourth-order valence-corrected chi connectivity index (χ4v) is 5.38. The van der Waals surface area contributed by atoms with E-state index >= 15 is 0 Å². The summed E-state index contributed by atoms with van der Waals surface area (Å²) < 4.78 is 5.40. The van der Waals surface area contributed by atoms with Gasteiger partial charge in [0.15, 0.2) is 0 Å². The number of allylic oxidation sites excluding steroid dienone is 11. The molecule has 0 aliphatic heterocycles. The van der Waals surface area contributed by atoms with E-state index in [0.29, 0.717) is 13.0 Å². The molecule has 0 spiro atoms. The Morgan fingerprint density at radius 3 is 2.12 bits per heavy atom. The molecule has 0 aromatic carbocycles. The molecule has 0 aromatic heterocycles. The molecule has 0 fully saturated rings. The molecule has 0 radical (unpaired) electrons. The lowest BCUT2D eigenvalue weighted by atomic mass is 9.72. The number of esters is 1. The summed E-state index contributed by atoms with van der Waals surface area (Å²) in [6.45, 7) is 13.8. The van der Waals surface area contributed by atoms with Crippen LogP contribution in [0.1, 0.15) is 151 Å². The minimum atomic E-state index is -0.0817. The van der Waals surface area contributed by atoms with Crippen molar-refractivity contribution < 1.29 is 9.53 Å². The maximum absolute atomic E-state index is 12.0. The van der Waals surface area contributed by atoms with Crippen LogP contribution in [0.25, 0.3) is 0 Å². The van der Waals surface area contributed by atoms with Crippen LogP contribution in [-0.2, 0) is 9.53 Å². The van der Waals surface area contributed by atoms with Crippen molar-refractivity contribution in [2.45, 2.75) is 151 Å². The smallest absolute Gasteiger partial charge is 0.306 e. The van der Waals surface area contributed by atoms with Gasteiger partial charge in [-0.3, -0.25) is 4.79 Å². The number of ether oxygens (including phenoxy) is 1. The van der Waals surface area contributed by atoms with Crippen molar-refractivity contribution in [3.05, 3.63) is 70.9 Å². The molecule has 0 unspecified atom stereocenters. The standard InChI is InChI=1S/C38H62O2/c1-7-8-9-10-11-12-13-14-15-16-17-18-19-20-21-27-37(39)40-32-30-34(3)25-22-24-33(2)28-29-36-35(4)26-23-31-38(36,5)6/h14-15,22,24-25,28-30H,7-13,16-21,23,26-27,31-32H2,1-6H3/b15-14?,25-22?,29-28+,33-24?,34-30?. The second-order valence-electron chi connectivity index (χ2n) is 12.5. The molecule has 0 N–H and O–H groups in total. The Morgan fingerprint density at radius 1 is 0.850 bits per heavy atom. The fourth-order valence-electron chi connectivity index (χ4n) is 5.38. The van der Waals surface area contributed by atoms with Crippen LogP contribution in [0.5, 0.6) is 0 Å². The zero-order chi connectivity index (χ0) is 29.5. The quantitative estimate of drug-likeness (QED) is 0.0615. The van der Waals surface area contributed by atoms with Gasteiger partial charge in [0.25, 0.3) is 0 Å². The molecular weight excluding hydrogens is 488 g/mol. The molecule has 1 aliphatic rings. The van der Waals surface area contributed by atoms with E-state index in [4.69, 9.17) is 4.74 Å². The molecule has 2 heteroatoms. The van der Waals surface area contributed by atoms with Crippen LogP contribution in [-0.4, -0.2) is 12.6 Å². The maximum Gasteiger partial charge on any atom is 0.306 e. The Balaban J connectivity index is 2.11. The number of hydrogen-bond acceptors (Lipinski definition) is 2. The van der Waals surface area contributed by atoms with Crippen LogP contribution in [0.3, 0.4) is 0 Å². The molecule has 1 aliphatic carbocycles. The minimum Gasteiger partial charge on any atom is -0.461 e. The van der Waals surface area contributed by atoms with Gasteiger partial charge in [-0.15, -0.1) is 0 Å². The third kappa shape index (κ3) is 18.3. The summed E-state index contributed by atoms with van der Waals surface area (Å²) in [4.78, 5) is 12.0. The Kier molecular flexibility index (Phi) is 20.3. The average molecular weight is 551 g/mol. The third-order valence-electron chi connectivity index (χ3n) is 8.07. The van der Waals surface area contributed by atoms with E-state index in [1.54, 1.807) is 0 Å². The molecule has 226 valence electrons. The fraction of sp³-hybridized carbons (Fsp3) is 0.658. The van der Waals surface area contributed by atoms with Crippen LogP contribution in [0, 0.1) is 5.41 Å². The van der Waals surface area contributed by atoms with Gasteiger partial charge in [-0.1, -0.05) is 131 Å². The Morgan fingerprint density at radius 2 is 1.48 bits per heavy atom. The van der Waals surface area contributed by atoms with Gasteiger partial charge in [-0.2, -0.15) is 0 Å². The summed E-state index contributed by atoms with van der Waals surface area (Å²) in [5.41, 5.74) is 5.64. The lowest BCUT2D eigenvalue weighted by Crippen LogP contribution is -2.19. The van der Waals surface area contributed by atoms with Crippen LogP contribution in [0.15, 0.2) is 70.9 Å². The molecule has 40 heavy (non-hydrogen) atoms. The van der Waals surface area contributed by atoms with Crippen LogP contribution in [0.4, 0.5) is 0 Å². The van der Waals surface area contributed by atoms with Crippen molar-refractivity contribution in [3.8, 4) is 0 Å². The highest BCUT2D eigenvalue weighted by molar-refractivity contribution is 5.69. The van der Waals surface area contributed by atoms with E-state index in [0.717, 1.165) is 18.4 Å². The normalized spacial score (nSPS) is 16.6. The van der Waals surface area contributed by atoms with Gasteiger partial charge in [0.2, 0.25) is 0 Å². The summed E-state index contributed by atoms with van der Waals surface area (Å²) in [5, 5.41) is 0. The van der Waals surface area contributed by atoms with E-state index in [9.17, 15) is 4.79 Å². The van der Waals surface area contributed by atoms with Crippen molar-refractivity contribution >= 4 is 5.97 Å². The van der Waals surface area contributed by atoms with Gasteiger partial charge < -0.3 is 4.74 Å². The van der Waals surface area contributed by atoms with E-state index < -0.39 is 0 Å². The van der Waals surface area contributed by atoms with E-state index in [1.807, 2.05) is 13.0 Å². The van der Waals surface area contributed by atoms with E-state index in [-0.39, 0.29) is 11.4 Å². The first-order chi connectivity index (χ1) is 19.3. The maximum atomic E-state index is 12.0. The molecule has 0 saturated heterocycles. The number of hydrogen-bond donors (Lipinski definition) is 0. The number of carbonyl (C=O) groups excluding carboxylic acids is 1. The zero-order valence-corrected chi connectivity index (χ0v) is 27.2. The molecule has 0 amide bonds. The first kappa shape index (κ1) is 35.9. The molecule has 0 saturated carbocycles. The summed E-state index contributed by atoms with van der Waals surface area (Å²) in [5.74, 6) is -0.0817. The molecule has 0 heterocycles. The predicted octanol–water partition coefficient (Wildman–Crippen LogP) is 12.1. The highest BCUT2D eigenvalue weighted by Gasteiger charge is 2.26. The third-order valence-corrected chi connectivity index (χ3v) is 8.07. The second kappa shape index (κ2) is 22.6. The number of carbonyl (C=O) groups is 1. The second-order valence-corrected chi connectivity index (χ2v) is 12.5. The van der Waals surface area contributed by atoms with Crippen molar-refractivity contribution in [1.29, 1.82) is 0 Å². The molecular formula is C38H62O2. The van der Waals surface area contributed by atoms with E-state index in [1.165, 1.54) is 107 Å². The van der Waals surface area contributed by atoms with Crippen LogP contribution in [0.2, 0.25) is 0 Å². The van der Waals surface area contributed by atoms with Gasteiger partial charge in [-0.25, -0.2) is 0 Å². The van der Waals surface area contributed by atoms with Crippen LogP contribution < -0.4 is 0 Å². The predicted molar refractivity (Wildman–Crippen MR) is 177 cm³/mol. The summed E-state index contributed by atoms with van der Waals surface area (Å²) in [6.07, 6.45) is 38.3. The van der Waals surface area contributed by atoms with Crippen molar-refractivity contribution in [2.75, 3.05) is 6.61 Å². The van der Waals surface area contributed by atoms with Gasteiger partial charge in [-0.05, 0) is 89.2 Å². The van der Waals surface area contributed by atoms with Gasteiger partial charge >= 0.3 is 5.97 Å². The lowest BCUT2D eigenvalue weighted by molar-refractivity contribution is -0.142. The summed E-state index contributed by atoms with van der Waals surface area (Å²) in [7, 11) is 0. The van der Waals surface area contributed by atoms with Crippen molar-refractivity contribution in [1.82, 2.24) is 0 Å². The largest absolute Gasteiger partial charge is 0.461 e. The van der Waals surface area contributed by atoms with Gasteiger partial charge in [0.05, 0.1) is 0 Å². The molecule has 0 bridgehead atoms. The molecule has 1 rings (SSSR count). The van der Waals surface area contributed by atoms with Crippen LogP contribution >= 0.6 is 0 Å². The SMILES string of the molecule is CCCCCCCCC=CCCCCCCCC(=O)OCC=C(C)C=CC=C(C)/C=C/C1=C(C)CCCC1(C)C. The van der Waals surface area contributed by atoms with E-state index in [2.05, 4.69) is 77.2 Å². The lowest BCUT2D eigenvalue weighted by Gasteiger charge is -2.32. The van der Waals surface area contributed by atoms with Crippen molar-refractivity contribution in [3.63, 3.8) is 0 Å². The molecule has 0 aromatic rings. The van der Waals surface area contributed by atoms with Crippen molar-refractivity contribution in [2.24, 2.45) is 5.41 Å². The molecule has 2 nitrogen and oxygen atoms in total. The Bertz CT molecular complexity index is 875. The zero-order valence-electron chi connectivity index (χ0n) is 27.2. The van der Waals surface area contributed by atoms with Gasteiger partial charge in [0.1, 0.15) is 6.61 Å². The highest BCUT2D eigenvalue weighted by Crippen LogP contribution is 2.40. The highest BCUT2D eigenvalue weighted by atomic mass is 16.5. The Hall–Kier alpha value is -2.09. The monoisotopic (exact) mass is 550 g/mol. The first-order valence-corrected chi connectivity index (χ1v) is 16.5. The average Bonchev–Trinajstić information content (AvgIpc) is 2.90. The number of rotatable bonds is 21.